The summed E-state index contributed by atoms with van der Waals surface area (Å²) in [6.45, 7) is 2.15. The number of aliphatic carboxylic acids is 1. The lowest BCUT2D eigenvalue weighted by molar-refractivity contribution is -0.129. The Kier molecular flexibility index (Phi) is 2.26. The number of nitrogens with zero attached hydrogens (tertiary/aromatic N) is 2. The van der Waals surface area contributed by atoms with Crippen molar-refractivity contribution in [3.63, 3.8) is 0 Å². The third-order valence-corrected chi connectivity index (χ3v) is 2.93. The number of hydrogen-bond acceptors (Lipinski definition) is 4. The number of carbonyl (C=O) groups is 1. The van der Waals surface area contributed by atoms with Crippen molar-refractivity contribution < 1.29 is 14.7 Å². The smallest absolute Gasteiger partial charge is 0.358 e. The van der Waals surface area contributed by atoms with Crippen LogP contribution in [0, 0.1) is 6.92 Å². The Bertz CT molecular complexity index is 692. The van der Waals surface area contributed by atoms with Gasteiger partial charge in [-0.1, -0.05) is 23.4 Å². The SMILES string of the molecule is Cc1ccc2ccc3c(c2n1)CON=C3C(=O)O. The van der Waals surface area contributed by atoms with E-state index in [4.69, 9.17) is 9.94 Å². The van der Waals surface area contributed by atoms with Gasteiger partial charge in [-0.15, -0.1) is 0 Å². The first kappa shape index (κ1) is 10.7. The summed E-state index contributed by atoms with van der Waals surface area (Å²) in [6.07, 6.45) is 0. The lowest BCUT2D eigenvalue weighted by Gasteiger charge is -2.15. The second kappa shape index (κ2) is 3.80. The van der Waals surface area contributed by atoms with Crippen LogP contribution in [0.15, 0.2) is 29.4 Å². The second-order valence-corrected chi connectivity index (χ2v) is 4.13. The van der Waals surface area contributed by atoms with Crippen LogP contribution in [-0.4, -0.2) is 21.8 Å². The van der Waals surface area contributed by atoms with E-state index in [2.05, 4.69) is 10.1 Å². The lowest BCUT2D eigenvalue weighted by atomic mass is 9.99. The van der Waals surface area contributed by atoms with Crippen LogP contribution in [0.3, 0.4) is 0 Å². The number of benzene rings is 1. The van der Waals surface area contributed by atoms with Crippen LogP contribution in [0.25, 0.3) is 10.9 Å². The molecule has 0 unspecified atom stereocenters. The van der Waals surface area contributed by atoms with Crippen molar-refractivity contribution in [2.75, 3.05) is 0 Å². The molecule has 1 aromatic carbocycles. The zero-order valence-electron chi connectivity index (χ0n) is 9.67. The highest BCUT2D eigenvalue weighted by Gasteiger charge is 2.23. The summed E-state index contributed by atoms with van der Waals surface area (Å²) in [6, 6.07) is 7.49. The van der Waals surface area contributed by atoms with E-state index in [9.17, 15) is 4.79 Å². The van der Waals surface area contributed by atoms with Gasteiger partial charge in [-0.25, -0.2) is 4.79 Å². The molecule has 0 aliphatic carbocycles. The maximum absolute atomic E-state index is 11.1. The van der Waals surface area contributed by atoms with Crippen LogP contribution in [-0.2, 0) is 16.2 Å². The Labute approximate surface area is 103 Å². The average Bonchev–Trinajstić information content (AvgIpc) is 2.37. The molecule has 0 atom stereocenters. The van der Waals surface area contributed by atoms with E-state index in [0.717, 1.165) is 22.2 Å². The molecule has 0 saturated carbocycles. The molecule has 0 radical (unpaired) electrons. The molecule has 1 N–H and O–H groups in total. The largest absolute Gasteiger partial charge is 0.476 e. The van der Waals surface area contributed by atoms with Gasteiger partial charge in [0, 0.05) is 22.2 Å². The van der Waals surface area contributed by atoms with Crippen molar-refractivity contribution in [3.8, 4) is 0 Å². The fourth-order valence-electron chi connectivity index (χ4n) is 2.08. The summed E-state index contributed by atoms with van der Waals surface area (Å²) in [5.74, 6) is -1.09. The van der Waals surface area contributed by atoms with Gasteiger partial charge in [0.1, 0.15) is 6.61 Å². The third kappa shape index (κ3) is 1.52. The average molecular weight is 242 g/mol. The number of aromatic nitrogens is 1. The minimum Gasteiger partial charge on any atom is -0.476 e. The Morgan fingerprint density at radius 2 is 2.11 bits per heavy atom. The summed E-state index contributed by atoms with van der Waals surface area (Å²) in [5.41, 5.74) is 2.96. The lowest BCUT2D eigenvalue weighted by Crippen LogP contribution is -2.20. The normalized spacial score (nSPS) is 13.7. The molecule has 3 rings (SSSR count). The van der Waals surface area contributed by atoms with Crippen LogP contribution in [0.4, 0.5) is 0 Å². The van der Waals surface area contributed by atoms with Crippen LogP contribution in [0.2, 0.25) is 0 Å². The van der Waals surface area contributed by atoms with E-state index in [-0.39, 0.29) is 12.3 Å². The Balaban J connectivity index is 2.33. The number of aryl methyl sites for hydroxylation is 1. The van der Waals surface area contributed by atoms with Crippen LogP contribution in [0.1, 0.15) is 16.8 Å². The minimum absolute atomic E-state index is 0.0681. The predicted molar refractivity (Wildman–Crippen MR) is 65.4 cm³/mol. The highest BCUT2D eigenvalue weighted by Crippen LogP contribution is 2.25. The first-order valence-corrected chi connectivity index (χ1v) is 5.49. The van der Waals surface area contributed by atoms with Crippen LogP contribution < -0.4 is 0 Å². The van der Waals surface area contributed by atoms with Gasteiger partial charge in [0.2, 0.25) is 0 Å². The molecule has 0 spiro atoms. The molecule has 2 heterocycles. The molecule has 5 nitrogen and oxygen atoms in total. The van der Waals surface area contributed by atoms with Crippen molar-refractivity contribution in [2.45, 2.75) is 13.5 Å². The maximum atomic E-state index is 11.1. The summed E-state index contributed by atoms with van der Waals surface area (Å²) >= 11 is 0. The summed E-state index contributed by atoms with van der Waals surface area (Å²) in [4.78, 5) is 20.5. The Morgan fingerprint density at radius 1 is 1.33 bits per heavy atom. The fraction of sp³-hybridized carbons (Fsp3) is 0.154. The Morgan fingerprint density at radius 3 is 2.89 bits per heavy atom. The maximum Gasteiger partial charge on any atom is 0.358 e. The molecule has 2 aromatic rings. The van der Waals surface area contributed by atoms with Gasteiger partial charge >= 0.3 is 5.97 Å². The van der Waals surface area contributed by atoms with Crippen LogP contribution in [0.5, 0.6) is 0 Å². The topological polar surface area (TPSA) is 71.8 Å². The van der Waals surface area contributed by atoms with E-state index in [1.807, 2.05) is 25.1 Å². The van der Waals surface area contributed by atoms with E-state index in [1.54, 1.807) is 6.07 Å². The van der Waals surface area contributed by atoms with Gasteiger partial charge in [-0.2, -0.15) is 0 Å². The number of pyridine rings is 1. The minimum atomic E-state index is -1.09. The molecule has 1 aromatic heterocycles. The van der Waals surface area contributed by atoms with Gasteiger partial charge in [0.05, 0.1) is 5.52 Å². The highest BCUT2D eigenvalue weighted by molar-refractivity contribution is 6.43. The van der Waals surface area contributed by atoms with Crippen molar-refractivity contribution in [1.29, 1.82) is 0 Å². The van der Waals surface area contributed by atoms with Crippen LogP contribution >= 0.6 is 0 Å². The molecule has 18 heavy (non-hydrogen) atoms. The zero-order chi connectivity index (χ0) is 12.7. The summed E-state index contributed by atoms with van der Waals surface area (Å²) in [5, 5.41) is 13.6. The number of hydrogen-bond donors (Lipinski definition) is 1. The quantitative estimate of drug-likeness (QED) is 0.828. The second-order valence-electron chi connectivity index (χ2n) is 4.13. The number of oxime groups is 1. The van der Waals surface area contributed by atoms with Crippen molar-refractivity contribution in [3.05, 3.63) is 41.1 Å². The van der Waals surface area contributed by atoms with E-state index in [0.29, 0.717) is 5.56 Å². The molecular weight excluding hydrogens is 232 g/mol. The van der Waals surface area contributed by atoms with Gasteiger partial charge < -0.3 is 9.94 Å². The van der Waals surface area contributed by atoms with Gasteiger partial charge in [-0.05, 0) is 13.0 Å². The first-order valence-electron chi connectivity index (χ1n) is 5.49. The molecule has 0 bridgehead atoms. The molecule has 5 heteroatoms. The molecule has 1 aliphatic rings. The number of fused-ring (bicyclic) bond motifs is 3. The zero-order valence-corrected chi connectivity index (χ0v) is 9.67. The van der Waals surface area contributed by atoms with Gasteiger partial charge in [-0.3, -0.25) is 4.98 Å². The predicted octanol–water partition coefficient (Wildman–Crippen LogP) is 1.86. The van der Waals surface area contributed by atoms with Gasteiger partial charge in [0.25, 0.3) is 0 Å². The van der Waals surface area contributed by atoms with E-state index >= 15 is 0 Å². The molecule has 0 amide bonds. The Hall–Kier alpha value is -2.43. The number of carboxylic acids is 1. The van der Waals surface area contributed by atoms with Crippen molar-refractivity contribution >= 4 is 22.6 Å². The standard InChI is InChI=1S/C13H10N2O3/c1-7-2-3-8-4-5-9-10(11(8)14-7)6-18-15-12(9)13(16)17/h2-5H,6H2,1H3,(H,16,17). The fourth-order valence-corrected chi connectivity index (χ4v) is 2.08. The molecule has 0 fully saturated rings. The molecule has 90 valence electrons. The number of carboxylic acid groups (broad SMARTS) is 1. The molecule has 1 aliphatic heterocycles. The highest BCUT2D eigenvalue weighted by atomic mass is 16.6. The van der Waals surface area contributed by atoms with Crippen molar-refractivity contribution in [2.24, 2.45) is 5.16 Å². The van der Waals surface area contributed by atoms with Gasteiger partial charge in [0.15, 0.2) is 5.71 Å². The molecular formula is C13H10N2O3. The third-order valence-electron chi connectivity index (χ3n) is 2.93. The summed E-state index contributed by atoms with van der Waals surface area (Å²) in [7, 11) is 0. The number of rotatable bonds is 1. The van der Waals surface area contributed by atoms with E-state index < -0.39 is 5.97 Å². The monoisotopic (exact) mass is 242 g/mol. The summed E-state index contributed by atoms with van der Waals surface area (Å²) < 4.78 is 0. The molecule has 0 saturated heterocycles. The van der Waals surface area contributed by atoms with Crippen molar-refractivity contribution in [1.82, 2.24) is 4.98 Å². The first-order chi connectivity index (χ1) is 8.66. The van der Waals surface area contributed by atoms with E-state index in [1.165, 1.54) is 0 Å².